The molecule has 0 radical (unpaired) electrons. The summed E-state index contributed by atoms with van der Waals surface area (Å²) in [7, 11) is 0. The Hall–Kier alpha value is -8.20. The molecule has 5 aliphatic rings. The van der Waals surface area contributed by atoms with E-state index in [0.29, 0.717) is 5.92 Å². The molecule has 2 nitrogen and oxygen atoms in total. The van der Waals surface area contributed by atoms with E-state index in [1.807, 2.05) is 0 Å². The van der Waals surface area contributed by atoms with E-state index in [4.69, 9.17) is 0 Å². The van der Waals surface area contributed by atoms with Gasteiger partial charge in [-0.15, -0.1) is 0 Å². The number of hydrogen-bond donors (Lipinski definition) is 0. The van der Waals surface area contributed by atoms with Gasteiger partial charge in [-0.3, -0.25) is 0 Å². The molecule has 0 aromatic heterocycles. The van der Waals surface area contributed by atoms with Crippen LogP contribution in [0.2, 0.25) is 0 Å². The van der Waals surface area contributed by atoms with Crippen molar-refractivity contribution in [1.29, 1.82) is 0 Å². The monoisotopic (exact) mass is 1010 g/mol. The average molecular weight is 1010 g/mol. The normalized spacial score (nSPS) is 17.7. The Morgan fingerprint density at radius 2 is 0.692 bits per heavy atom. The zero-order valence-electron chi connectivity index (χ0n) is 46.7. The number of rotatable bonds is 6. The maximum Gasteiger partial charge on any atom is 0.0468 e. The zero-order valence-corrected chi connectivity index (χ0v) is 46.7. The van der Waals surface area contributed by atoms with Crippen LogP contribution in [0, 0.1) is 13.8 Å². The lowest BCUT2D eigenvalue weighted by atomic mass is 9.78. The average Bonchev–Trinajstić information content (AvgIpc) is 4.23. The van der Waals surface area contributed by atoms with Crippen molar-refractivity contribution < 1.29 is 0 Å². The van der Waals surface area contributed by atoms with Gasteiger partial charge in [-0.05, 0) is 198 Å². The molecule has 380 valence electrons. The third-order valence-corrected chi connectivity index (χ3v) is 19.8. The van der Waals surface area contributed by atoms with Crippen molar-refractivity contribution in [2.75, 3.05) is 9.80 Å². The molecule has 5 aliphatic carbocycles. The summed E-state index contributed by atoms with van der Waals surface area (Å²) in [6, 6.07) is 72.3. The molecule has 0 N–H and O–H groups in total. The number of benzene rings is 10. The molecule has 1 unspecified atom stereocenters. The van der Waals surface area contributed by atoms with Gasteiger partial charge in [-0.25, -0.2) is 0 Å². The summed E-state index contributed by atoms with van der Waals surface area (Å²) in [5.41, 5.74) is 30.0. The molecule has 0 amide bonds. The first-order chi connectivity index (χ1) is 37.5. The van der Waals surface area contributed by atoms with Crippen LogP contribution in [0.15, 0.2) is 211 Å². The van der Waals surface area contributed by atoms with Crippen LogP contribution in [0.25, 0.3) is 54.9 Å². The van der Waals surface area contributed by atoms with Crippen LogP contribution in [0.1, 0.15) is 123 Å². The first-order valence-corrected chi connectivity index (χ1v) is 28.4. The van der Waals surface area contributed by atoms with Crippen LogP contribution in [0.3, 0.4) is 0 Å². The number of aryl methyl sites for hydroxylation is 2. The minimum Gasteiger partial charge on any atom is -0.311 e. The van der Waals surface area contributed by atoms with Crippen LogP contribution in [-0.4, -0.2) is 0 Å². The van der Waals surface area contributed by atoms with Crippen molar-refractivity contribution in [1.82, 2.24) is 0 Å². The van der Waals surface area contributed by atoms with E-state index in [0.717, 1.165) is 12.1 Å². The summed E-state index contributed by atoms with van der Waals surface area (Å²) in [6.45, 7) is 23.9. The summed E-state index contributed by atoms with van der Waals surface area (Å²) < 4.78 is 0. The lowest BCUT2D eigenvalue weighted by Gasteiger charge is -2.34. The molecule has 10 aromatic carbocycles. The van der Waals surface area contributed by atoms with E-state index in [2.05, 4.69) is 279 Å². The second-order valence-electron chi connectivity index (χ2n) is 25.3. The number of hydrogen-bond acceptors (Lipinski definition) is 2. The Kier molecular flexibility index (Phi) is 9.76. The molecule has 0 heterocycles. The number of allylic oxidation sites excluding steroid dienone is 3. The highest BCUT2D eigenvalue weighted by Gasteiger charge is 2.44. The highest BCUT2D eigenvalue weighted by molar-refractivity contribution is 6.08. The van der Waals surface area contributed by atoms with E-state index in [9.17, 15) is 0 Å². The molecule has 0 saturated carbocycles. The Bertz CT molecular complexity index is 4230. The Balaban J connectivity index is 0.907. The smallest absolute Gasteiger partial charge is 0.0468 e. The van der Waals surface area contributed by atoms with Crippen LogP contribution < -0.4 is 9.80 Å². The molecule has 0 bridgehead atoms. The molecule has 10 aromatic rings. The zero-order chi connectivity index (χ0) is 53.4. The fourth-order valence-electron chi connectivity index (χ4n) is 15.6. The third kappa shape index (κ3) is 6.38. The lowest BCUT2D eigenvalue weighted by Crippen LogP contribution is -2.23. The third-order valence-electron chi connectivity index (χ3n) is 19.8. The predicted octanol–water partition coefficient (Wildman–Crippen LogP) is 20.4. The predicted molar refractivity (Wildman–Crippen MR) is 330 cm³/mol. The van der Waals surface area contributed by atoms with E-state index in [-0.39, 0.29) is 21.7 Å². The molecule has 1 atom stereocenters. The maximum absolute atomic E-state index is 2.57. The minimum absolute atomic E-state index is 0.0718. The summed E-state index contributed by atoms with van der Waals surface area (Å²) in [5.74, 6) is 0.385. The summed E-state index contributed by atoms with van der Waals surface area (Å²) in [6.07, 6.45) is 6.03. The second-order valence-corrected chi connectivity index (χ2v) is 25.3. The van der Waals surface area contributed by atoms with Crippen molar-refractivity contribution >= 4 is 50.0 Å². The van der Waals surface area contributed by atoms with Gasteiger partial charge >= 0.3 is 0 Å². The molecular formula is C76H66N2. The molecule has 15 rings (SSSR count). The van der Waals surface area contributed by atoms with Crippen LogP contribution in [0.5, 0.6) is 0 Å². The Morgan fingerprint density at radius 3 is 1.17 bits per heavy atom. The van der Waals surface area contributed by atoms with Crippen LogP contribution in [-0.2, 0) is 21.7 Å². The van der Waals surface area contributed by atoms with Gasteiger partial charge < -0.3 is 9.80 Å². The lowest BCUT2D eigenvalue weighted by molar-refractivity contribution is 0.609. The Morgan fingerprint density at radius 1 is 0.333 bits per heavy atom. The molecule has 0 aliphatic heterocycles. The van der Waals surface area contributed by atoms with Gasteiger partial charge in [0.25, 0.3) is 0 Å². The van der Waals surface area contributed by atoms with Gasteiger partial charge in [0.05, 0.1) is 0 Å². The second kappa shape index (κ2) is 16.2. The van der Waals surface area contributed by atoms with Crippen molar-refractivity contribution in [3.8, 4) is 33.4 Å². The van der Waals surface area contributed by atoms with E-state index < -0.39 is 0 Å². The molecule has 0 saturated heterocycles. The van der Waals surface area contributed by atoms with Crippen molar-refractivity contribution in [2.45, 2.75) is 103 Å². The molecule has 0 spiro atoms. The SMILES string of the molecule is Cc1c2ccc(N(C3=CCC4C(=C3)C(C)(C)c3ccccc34)c3ccc4c(c3)C(C)(C)c3ccccc3-4)cc2c(C)c2cc(N(c3ccc4c(c3)C(C)(C)c3ccccc3-4)c3ccc4c(c3)C(C)(C)c3ccccc3-4)ccc12. The summed E-state index contributed by atoms with van der Waals surface area (Å²) >= 11 is 0. The van der Waals surface area contributed by atoms with Crippen LogP contribution in [0.4, 0.5) is 28.4 Å². The van der Waals surface area contributed by atoms with E-state index in [1.54, 1.807) is 0 Å². The largest absolute Gasteiger partial charge is 0.311 e. The standard InChI is InChI=1S/C76H66N2/c1-45-53-33-27-47(77(49-29-35-59-55-19-11-15-23-65(55)73(3,4)69(59)41-49)50-30-36-60-56-20-12-16-24-66(56)74(5,6)70(60)42-50)39-63(53)46(2)64-40-48(28-34-54(45)64)78(51-31-37-61-57-21-13-17-25-67(57)75(7,8)71(61)43-51)52-32-38-62-58-22-14-18-26-68(58)76(9,10)72(62)44-52/h11-37,39-44,62H,38H2,1-10H3. The Labute approximate surface area is 461 Å². The number of fused-ring (bicyclic) bond motifs is 14. The summed E-state index contributed by atoms with van der Waals surface area (Å²) in [5, 5.41) is 5.14. The van der Waals surface area contributed by atoms with E-state index >= 15 is 0 Å². The van der Waals surface area contributed by atoms with Crippen molar-refractivity contribution in [3.63, 3.8) is 0 Å². The van der Waals surface area contributed by atoms with E-state index in [1.165, 1.54) is 145 Å². The number of anilines is 5. The van der Waals surface area contributed by atoms with Crippen molar-refractivity contribution in [3.05, 3.63) is 267 Å². The molecule has 0 fully saturated rings. The fraction of sp³-hybridized carbons (Fsp3) is 0.211. The minimum atomic E-state index is -0.137. The van der Waals surface area contributed by atoms with Gasteiger partial charge in [-0.2, -0.15) is 0 Å². The van der Waals surface area contributed by atoms with Gasteiger partial charge in [0.2, 0.25) is 0 Å². The van der Waals surface area contributed by atoms with Gasteiger partial charge in [-0.1, -0.05) is 194 Å². The number of nitrogens with zero attached hydrogens (tertiary/aromatic N) is 2. The first kappa shape index (κ1) is 47.0. The van der Waals surface area contributed by atoms with Gasteiger partial charge in [0.15, 0.2) is 0 Å². The quantitative estimate of drug-likeness (QED) is 0.153. The summed E-state index contributed by atoms with van der Waals surface area (Å²) in [4.78, 5) is 5.10. The maximum atomic E-state index is 2.57. The van der Waals surface area contributed by atoms with Gasteiger partial charge in [0, 0.05) is 61.7 Å². The highest BCUT2D eigenvalue weighted by atomic mass is 15.2. The van der Waals surface area contributed by atoms with Crippen LogP contribution >= 0.6 is 0 Å². The molecule has 78 heavy (non-hydrogen) atoms. The first-order valence-electron chi connectivity index (χ1n) is 28.4. The topological polar surface area (TPSA) is 6.48 Å². The van der Waals surface area contributed by atoms with Crippen molar-refractivity contribution in [2.24, 2.45) is 0 Å². The molecule has 2 heteroatoms. The van der Waals surface area contributed by atoms with Gasteiger partial charge in [0.1, 0.15) is 0 Å². The highest BCUT2D eigenvalue weighted by Crippen LogP contribution is 2.57. The fourth-order valence-corrected chi connectivity index (χ4v) is 15.6. The molecular weight excluding hydrogens is 941 g/mol.